The topological polar surface area (TPSA) is 75.2 Å². The molecule has 1 N–H and O–H groups in total. The SMILES string of the molecule is CC(=O)Nc1nc(C(=O)N(C)[C@H](c2ccccc2)c2ccccn2)cs1. The number of anilines is 1. The lowest BCUT2D eigenvalue weighted by Crippen LogP contribution is -2.32. The molecule has 0 radical (unpaired) electrons. The van der Waals surface area contributed by atoms with E-state index in [4.69, 9.17) is 0 Å². The Bertz CT molecular complexity index is 857. The molecular weight excluding hydrogens is 348 g/mol. The van der Waals surface area contributed by atoms with Crippen LogP contribution in [0.2, 0.25) is 0 Å². The van der Waals surface area contributed by atoms with E-state index in [0.29, 0.717) is 5.13 Å². The van der Waals surface area contributed by atoms with Crippen LogP contribution in [0.3, 0.4) is 0 Å². The Balaban J connectivity index is 1.92. The average Bonchev–Trinajstić information content (AvgIpc) is 3.10. The van der Waals surface area contributed by atoms with Crippen molar-refractivity contribution in [2.75, 3.05) is 12.4 Å². The molecule has 0 unspecified atom stereocenters. The number of thiazole rings is 1. The lowest BCUT2D eigenvalue weighted by molar-refractivity contribution is -0.114. The van der Waals surface area contributed by atoms with Crippen LogP contribution in [-0.2, 0) is 4.79 Å². The molecule has 132 valence electrons. The van der Waals surface area contributed by atoms with Crippen LogP contribution in [0.15, 0.2) is 60.1 Å². The number of aromatic nitrogens is 2. The van der Waals surface area contributed by atoms with Gasteiger partial charge in [-0.2, -0.15) is 0 Å². The van der Waals surface area contributed by atoms with Crippen LogP contribution in [-0.4, -0.2) is 33.7 Å². The molecule has 0 aliphatic rings. The predicted molar refractivity (Wildman–Crippen MR) is 101 cm³/mol. The van der Waals surface area contributed by atoms with E-state index in [-0.39, 0.29) is 23.6 Å². The van der Waals surface area contributed by atoms with Gasteiger partial charge in [0.25, 0.3) is 5.91 Å². The molecule has 2 heterocycles. The maximum absolute atomic E-state index is 13.0. The van der Waals surface area contributed by atoms with Gasteiger partial charge in [0.05, 0.1) is 11.7 Å². The summed E-state index contributed by atoms with van der Waals surface area (Å²) in [4.78, 5) is 34.4. The zero-order valence-corrected chi connectivity index (χ0v) is 15.2. The van der Waals surface area contributed by atoms with Crippen molar-refractivity contribution in [3.8, 4) is 0 Å². The third kappa shape index (κ3) is 3.94. The number of nitrogens with zero attached hydrogens (tertiary/aromatic N) is 3. The van der Waals surface area contributed by atoms with E-state index >= 15 is 0 Å². The Hall–Kier alpha value is -3.06. The Morgan fingerprint density at radius 2 is 1.85 bits per heavy atom. The smallest absolute Gasteiger partial charge is 0.273 e. The number of amides is 2. The van der Waals surface area contributed by atoms with E-state index in [2.05, 4.69) is 15.3 Å². The molecule has 0 fully saturated rings. The Kier molecular flexibility index (Phi) is 5.38. The van der Waals surface area contributed by atoms with Gasteiger partial charge in [0.15, 0.2) is 5.13 Å². The van der Waals surface area contributed by atoms with Gasteiger partial charge in [-0.15, -0.1) is 11.3 Å². The molecule has 26 heavy (non-hydrogen) atoms. The lowest BCUT2D eigenvalue weighted by Gasteiger charge is -2.27. The first-order valence-corrected chi connectivity index (χ1v) is 8.90. The molecule has 0 spiro atoms. The number of pyridine rings is 1. The van der Waals surface area contributed by atoms with Crippen molar-refractivity contribution < 1.29 is 9.59 Å². The average molecular weight is 366 g/mol. The van der Waals surface area contributed by atoms with Gasteiger partial charge in [0, 0.05) is 25.5 Å². The monoisotopic (exact) mass is 366 g/mol. The molecule has 2 amide bonds. The van der Waals surface area contributed by atoms with E-state index in [1.165, 1.54) is 18.3 Å². The highest BCUT2D eigenvalue weighted by Crippen LogP contribution is 2.28. The Labute approximate surface area is 155 Å². The molecule has 0 saturated heterocycles. The molecule has 3 rings (SSSR count). The third-order valence-corrected chi connectivity index (χ3v) is 4.55. The summed E-state index contributed by atoms with van der Waals surface area (Å²) in [6.07, 6.45) is 1.71. The van der Waals surface area contributed by atoms with Crippen molar-refractivity contribution in [2.24, 2.45) is 0 Å². The highest BCUT2D eigenvalue weighted by atomic mass is 32.1. The van der Waals surface area contributed by atoms with Crippen molar-refractivity contribution in [1.82, 2.24) is 14.9 Å². The van der Waals surface area contributed by atoms with Crippen LogP contribution in [0.4, 0.5) is 5.13 Å². The van der Waals surface area contributed by atoms with Crippen LogP contribution >= 0.6 is 11.3 Å². The molecular formula is C19H18N4O2S. The fraction of sp³-hybridized carbons (Fsp3) is 0.158. The highest BCUT2D eigenvalue weighted by Gasteiger charge is 2.26. The summed E-state index contributed by atoms with van der Waals surface area (Å²) < 4.78 is 0. The van der Waals surface area contributed by atoms with Gasteiger partial charge < -0.3 is 10.2 Å². The second-order valence-corrected chi connectivity index (χ2v) is 6.56. The van der Waals surface area contributed by atoms with E-state index in [9.17, 15) is 9.59 Å². The van der Waals surface area contributed by atoms with Gasteiger partial charge in [0.2, 0.25) is 5.91 Å². The van der Waals surface area contributed by atoms with Gasteiger partial charge in [-0.3, -0.25) is 14.6 Å². The zero-order valence-electron chi connectivity index (χ0n) is 14.4. The summed E-state index contributed by atoms with van der Waals surface area (Å²) in [5.41, 5.74) is 2.02. The number of hydrogen-bond donors (Lipinski definition) is 1. The molecule has 0 aliphatic carbocycles. The van der Waals surface area contributed by atoms with E-state index in [1.54, 1.807) is 23.5 Å². The van der Waals surface area contributed by atoms with Crippen molar-refractivity contribution in [1.29, 1.82) is 0 Å². The minimum atomic E-state index is -0.337. The number of rotatable bonds is 5. The number of carbonyl (C=O) groups excluding carboxylic acids is 2. The van der Waals surface area contributed by atoms with Gasteiger partial charge in [-0.1, -0.05) is 36.4 Å². The standard InChI is InChI=1S/C19H18N4O2S/c1-13(24)21-19-22-16(12-26-19)18(25)23(2)17(14-8-4-3-5-9-14)15-10-6-7-11-20-15/h3-12,17H,1-2H3,(H,21,22,24)/t17-/m1/s1. The van der Waals surface area contributed by atoms with Crippen LogP contribution < -0.4 is 5.32 Å². The molecule has 1 aromatic carbocycles. The summed E-state index contributed by atoms with van der Waals surface area (Å²) in [5, 5.41) is 4.65. The van der Waals surface area contributed by atoms with E-state index < -0.39 is 0 Å². The highest BCUT2D eigenvalue weighted by molar-refractivity contribution is 7.14. The molecule has 6 nitrogen and oxygen atoms in total. The van der Waals surface area contributed by atoms with Gasteiger partial charge in [0.1, 0.15) is 5.69 Å². The van der Waals surface area contributed by atoms with Gasteiger partial charge in [-0.25, -0.2) is 4.98 Å². The number of carbonyl (C=O) groups is 2. The predicted octanol–water partition coefficient (Wildman–Crippen LogP) is 3.36. The summed E-state index contributed by atoms with van der Waals surface area (Å²) in [5.74, 6) is -0.459. The second-order valence-electron chi connectivity index (χ2n) is 5.70. The summed E-state index contributed by atoms with van der Waals surface area (Å²) in [7, 11) is 1.73. The Morgan fingerprint density at radius 3 is 2.50 bits per heavy atom. The molecule has 0 aliphatic heterocycles. The van der Waals surface area contributed by atoms with Crippen LogP contribution in [0.25, 0.3) is 0 Å². The third-order valence-electron chi connectivity index (χ3n) is 3.80. The fourth-order valence-electron chi connectivity index (χ4n) is 2.64. The molecule has 1 atom stereocenters. The summed E-state index contributed by atoms with van der Waals surface area (Å²) in [6, 6.07) is 15.0. The molecule has 3 aromatic rings. The maximum atomic E-state index is 13.0. The van der Waals surface area contributed by atoms with E-state index in [0.717, 1.165) is 11.3 Å². The van der Waals surface area contributed by atoms with Gasteiger partial charge >= 0.3 is 0 Å². The second kappa shape index (κ2) is 7.88. The largest absolute Gasteiger partial charge is 0.328 e. The van der Waals surface area contributed by atoms with Crippen LogP contribution in [0.5, 0.6) is 0 Å². The maximum Gasteiger partial charge on any atom is 0.273 e. The normalized spacial score (nSPS) is 11.6. The van der Waals surface area contributed by atoms with Crippen molar-refractivity contribution in [3.05, 3.63) is 77.1 Å². The summed E-state index contributed by atoms with van der Waals surface area (Å²) in [6.45, 7) is 1.40. The van der Waals surface area contributed by atoms with Crippen LogP contribution in [0.1, 0.15) is 34.7 Å². The lowest BCUT2D eigenvalue weighted by atomic mass is 10.0. The zero-order chi connectivity index (χ0) is 18.5. The first-order chi connectivity index (χ1) is 12.6. The molecule has 0 bridgehead atoms. The first kappa shape index (κ1) is 17.8. The minimum absolute atomic E-state index is 0.220. The first-order valence-electron chi connectivity index (χ1n) is 8.02. The number of nitrogens with one attached hydrogen (secondary N) is 1. The Morgan fingerprint density at radius 1 is 1.12 bits per heavy atom. The van der Waals surface area contributed by atoms with Crippen molar-refractivity contribution in [3.63, 3.8) is 0 Å². The molecule has 0 saturated carbocycles. The fourth-order valence-corrected chi connectivity index (χ4v) is 3.37. The van der Waals surface area contributed by atoms with Gasteiger partial charge in [-0.05, 0) is 17.7 Å². The van der Waals surface area contributed by atoms with Crippen molar-refractivity contribution >= 4 is 28.3 Å². The van der Waals surface area contributed by atoms with Crippen molar-refractivity contribution in [2.45, 2.75) is 13.0 Å². The summed E-state index contributed by atoms with van der Waals surface area (Å²) >= 11 is 1.22. The number of hydrogen-bond acceptors (Lipinski definition) is 5. The minimum Gasteiger partial charge on any atom is -0.328 e. The quantitative estimate of drug-likeness (QED) is 0.751. The van der Waals surface area contributed by atoms with E-state index in [1.807, 2.05) is 48.5 Å². The van der Waals surface area contributed by atoms with Crippen LogP contribution in [0, 0.1) is 0 Å². The molecule has 2 aromatic heterocycles. The molecule has 7 heteroatoms. The number of benzene rings is 1.